The van der Waals surface area contributed by atoms with Crippen LogP contribution in [0.2, 0.25) is 0 Å². The Balaban J connectivity index is 2.32. The van der Waals surface area contributed by atoms with E-state index in [0.29, 0.717) is 25.1 Å². The predicted molar refractivity (Wildman–Crippen MR) is 85.5 cm³/mol. The largest absolute Gasteiger partial charge is 0.396 e. The molecular weight excluding hydrogens is 308 g/mol. The van der Waals surface area contributed by atoms with Gasteiger partial charge in [0.1, 0.15) is 4.99 Å². The molecule has 0 amide bonds. The van der Waals surface area contributed by atoms with Crippen molar-refractivity contribution in [1.29, 1.82) is 0 Å². The number of hydrogen-bond acceptors (Lipinski definition) is 4. The van der Waals surface area contributed by atoms with E-state index in [2.05, 4.69) is 0 Å². The second kappa shape index (κ2) is 6.83. The highest BCUT2D eigenvalue weighted by atomic mass is 32.2. The van der Waals surface area contributed by atoms with Gasteiger partial charge in [-0.25, -0.2) is 8.42 Å². The first kappa shape index (κ1) is 16.4. The lowest BCUT2D eigenvalue weighted by Gasteiger charge is -2.32. The Labute approximate surface area is 130 Å². The second-order valence-corrected chi connectivity index (χ2v) is 7.59. The van der Waals surface area contributed by atoms with E-state index in [-0.39, 0.29) is 22.4 Å². The van der Waals surface area contributed by atoms with Crippen molar-refractivity contribution in [3.05, 3.63) is 29.8 Å². The van der Waals surface area contributed by atoms with Crippen molar-refractivity contribution in [3.8, 4) is 0 Å². The quantitative estimate of drug-likeness (QED) is 0.791. The first-order chi connectivity index (χ1) is 9.96. The summed E-state index contributed by atoms with van der Waals surface area (Å²) in [5.41, 5.74) is 6.02. The summed E-state index contributed by atoms with van der Waals surface area (Å²) in [6.07, 6.45) is 2.38. The van der Waals surface area contributed by atoms with Gasteiger partial charge in [0, 0.05) is 25.3 Å². The van der Waals surface area contributed by atoms with E-state index >= 15 is 0 Å². The van der Waals surface area contributed by atoms with Gasteiger partial charge in [0.2, 0.25) is 10.0 Å². The summed E-state index contributed by atoms with van der Waals surface area (Å²) < 4.78 is 27.1. The lowest BCUT2D eigenvalue weighted by Crippen LogP contribution is -2.40. The molecule has 0 aliphatic carbocycles. The van der Waals surface area contributed by atoms with Crippen LogP contribution in [0, 0.1) is 5.92 Å². The molecule has 1 fully saturated rings. The zero-order valence-corrected chi connectivity index (χ0v) is 13.4. The van der Waals surface area contributed by atoms with Crippen molar-refractivity contribution in [2.75, 3.05) is 19.7 Å². The third-order valence-corrected chi connectivity index (χ3v) is 5.93. The third-order valence-electron chi connectivity index (χ3n) is 3.79. The fourth-order valence-corrected chi connectivity index (χ4v) is 4.70. The van der Waals surface area contributed by atoms with Crippen molar-refractivity contribution in [2.24, 2.45) is 11.7 Å². The monoisotopic (exact) mass is 328 g/mol. The van der Waals surface area contributed by atoms with Gasteiger partial charge in [0.25, 0.3) is 0 Å². The molecule has 0 radical (unpaired) electrons. The van der Waals surface area contributed by atoms with Crippen LogP contribution in [0.25, 0.3) is 0 Å². The van der Waals surface area contributed by atoms with Crippen LogP contribution in [0.15, 0.2) is 29.2 Å². The van der Waals surface area contributed by atoms with Gasteiger partial charge in [-0.3, -0.25) is 0 Å². The molecule has 116 valence electrons. The number of rotatable bonds is 5. The van der Waals surface area contributed by atoms with Gasteiger partial charge >= 0.3 is 0 Å². The van der Waals surface area contributed by atoms with E-state index in [1.54, 1.807) is 24.3 Å². The molecule has 21 heavy (non-hydrogen) atoms. The summed E-state index contributed by atoms with van der Waals surface area (Å²) in [6, 6.07) is 6.56. The molecule has 0 aromatic heterocycles. The minimum atomic E-state index is -3.60. The molecular formula is C14H20N2O3S2. The molecule has 1 heterocycles. The minimum absolute atomic E-state index is 0.0816. The normalized spacial score (nSPS) is 20.3. The summed E-state index contributed by atoms with van der Waals surface area (Å²) in [5, 5.41) is 9.04. The standard InChI is InChI=1S/C14H20N2O3S2/c15-14(20)12-5-1-2-6-13(12)21(18,19)16-8-3-4-11(10-16)7-9-17/h1-2,5-6,11,17H,3-4,7-10H2,(H2,15,20). The summed E-state index contributed by atoms with van der Waals surface area (Å²) in [4.78, 5) is 0.250. The average molecular weight is 328 g/mol. The molecule has 5 nitrogen and oxygen atoms in total. The Morgan fingerprint density at radius 3 is 2.81 bits per heavy atom. The van der Waals surface area contributed by atoms with Crippen molar-refractivity contribution in [2.45, 2.75) is 24.2 Å². The molecule has 2 rings (SSSR count). The molecule has 0 bridgehead atoms. The van der Waals surface area contributed by atoms with Crippen LogP contribution in [-0.2, 0) is 10.0 Å². The second-order valence-electron chi connectivity index (χ2n) is 5.24. The number of nitrogens with two attached hydrogens (primary N) is 1. The van der Waals surface area contributed by atoms with Crippen LogP contribution in [0.1, 0.15) is 24.8 Å². The van der Waals surface area contributed by atoms with E-state index in [9.17, 15) is 8.42 Å². The first-order valence-corrected chi connectivity index (χ1v) is 8.81. The number of thiocarbonyl (C=S) groups is 1. The number of nitrogens with zero attached hydrogens (tertiary/aromatic N) is 1. The molecule has 1 aliphatic rings. The van der Waals surface area contributed by atoms with Gasteiger partial charge < -0.3 is 10.8 Å². The highest BCUT2D eigenvalue weighted by Gasteiger charge is 2.31. The maximum absolute atomic E-state index is 12.8. The fourth-order valence-electron chi connectivity index (χ4n) is 2.70. The van der Waals surface area contributed by atoms with Gasteiger partial charge in [0.05, 0.1) is 4.90 Å². The third kappa shape index (κ3) is 3.60. The van der Waals surface area contributed by atoms with Crippen LogP contribution in [0.5, 0.6) is 0 Å². The molecule has 1 atom stereocenters. The molecule has 1 unspecified atom stereocenters. The van der Waals surface area contributed by atoms with Crippen LogP contribution >= 0.6 is 12.2 Å². The van der Waals surface area contributed by atoms with E-state index in [1.165, 1.54) is 4.31 Å². The number of sulfonamides is 1. The van der Waals surface area contributed by atoms with E-state index in [1.807, 2.05) is 0 Å². The molecule has 1 aliphatic heterocycles. The highest BCUT2D eigenvalue weighted by molar-refractivity contribution is 7.89. The molecule has 0 saturated carbocycles. The lowest BCUT2D eigenvalue weighted by molar-refractivity contribution is 0.203. The van der Waals surface area contributed by atoms with Crippen LogP contribution in [0.4, 0.5) is 0 Å². The van der Waals surface area contributed by atoms with Crippen LogP contribution < -0.4 is 5.73 Å². The van der Waals surface area contributed by atoms with Gasteiger partial charge in [-0.2, -0.15) is 4.31 Å². The summed E-state index contributed by atoms with van der Waals surface area (Å²) in [7, 11) is -3.60. The Hall–Kier alpha value is -1.02. The molecule has 3 N–H and O–H groups in total. The van der Waals surface area contributed by atoms with Crippen molar-refractivity contribution in [3.63, 3.8) is 0 Å². The number of piperidine rings is 1. The number of aliphatic hydroxyl groups is 1. The topological polar surface area (TPSA) is 83.6 Å². The van der Waals surface area contributed by atoms with Gasteiger partial charge in [0.15, 0.2) is 0 Å². The van der Waals surface area contributed by atoms with Gasteiger partial charge in [-0.1, -0.05) is 30.4 Å². The van der Waals surface area contributed by atoms with Gasteiger partial charge in [-0.05, 0) is 31.2 Å². The SMILES string of the molecule is NC(=S)c1ccccc1S(=O)(=O)N1CCCC(CCO)C1. The molecule has 1 saturated heterocycles. The highest BCUT2D eigenvalue weighted by Crippen LogP contribution is 2.27. The zero-order chi connectivity index (χ0) is 15.5. The molecule has 7 heteroatoms. The smallest absolute Gasteiger partial charge is 0.243 e. The summed E-state index contributed by atoms with van der Waals surface area (Å²) in [5.74, 6) is 0.204. The maximum atomic E-state index is 12.8. The molecule has 1 aromatic rings. The number of aliphatic hydroxyl groups excluding tert-OH is 1. The first-order valence-electron chi connectivity index (χ1n) is 6.96. The van der Waals surface area contributed by atoms with E-state index in [4.69, 9.17) is 23.1 Å². The van der Waals surface area contributed by atoms with Crippen molar-refractivity contribution < 1.29 is 13.5 Å². The van der Waals surface area contributed by atoms with Crippen molar-refractivity contribution >= 4 is 27.2 Å². The minimum Gasteiger partial charge on any atom is -0.396 e. The lowest BCUT2D eigenvalue weighted by atomic mass is 9.97. The van der Waals surface area contributed by atoms with E-state index in [0.717, 1.165) is 12.8 Å². The average Bonchev–Trinajstić information content (AvgIpc) is 2.48. The predicted octanol–water partition coefficient (Wildman–Crippen LogP) is 1.10. The Morgan fingerprint density at radius 1 is 1.43 bits per heavy atom. The summed E-state index contributed by atoms with van der Waals surface area (Å²) in [6.45, 7) is 1.02. The number of hydrogen-bond donors (Lipinski definition) is 2. The Bertz CT molecular complexity index is 614. The maximum Gasteiger partial charge on any atom is 0.243 e. The van der Waals surface area contributed by atoms with Crippen molar-refractivity contribution in [1.82, 2.24) is 4.31 Å². The van der Waals surface area contributed by atoms with Gasteiger partial charge in [-0.15, -0.1) is 0 Å². The Morgan fingerprint density at radius 2 is 2.14 bits per heavy atom. The van der Waals surface area contributed by atoms with E-state index < -0.39 is 10.0 Å². The zero-order valence-electron chi connectivity index (χ0n) is 11.7. The van der Waals surface area contributed by atoms with Crippen LogP contribution in [-0.4, -0.2) is 42.5 Å². The molecule has 1 aromatic carbocycles. The Kier molecular flexibility index (Phi) is 5.32. The fraction of sp³-hybridized carbons (Fsp3) is 0.500. The number of benzene rings is 1. The van der Waals surface area contributed by atoms with Crippen LogP contribution in [0.3, 0.4) is 0 Å². The summed E-state index contributed by atoms with van der Waals surface area (Å²) >= 11 is 4.95. The molecule has 0 spiro atoms.